The maximum Gasteiger partial charge on any atom is 0.198 e. The molecule has 0 aliphatic carbocycles. The third kappa shape index (κ3) is 0.639. The van der Waals surface area contributed by atoms with E-state index in [-0.39, 0.29) is 0 Å². The van der Waals surface area contributed by atoms with Gasteiger partial charge in [0.1, 0.15) is 0 Å². The lowest BCUT2D eigenvalue weighted by molar-refractivity contribution is 1.35. The van der Waals surface area contributed by atoms with E-state index in [2.05, 4.69) is 16.0 Å². The van der Waals surface area contributed by atoms with Gasteiger partial charge in [0.15, 0.2) is 5.95 Å². The number of anilines is 1. The molecule has 3 nitrogen and oxygen atoms in total. The van der Waals surface area contributed by atoms with Crippen molar-refractivity contribution in [2.45, 2.75) is 0 Å². The molecular formula is C7H6N3. The number of nitrogens with zero attached hydrogens (tertiary/aromatic N) is 1. The lowest BCUT2D eigenvalue weighted by atomic mass is 10.3. The molecule has 1 radical (unpaired) electrons. The number of nitrogens with two attached hydrogens (primary N) is 1. The van der Waals surface area contributed by atoms with Gasteiger partial charge in [-0.05, 0) is 6.07 Å². The monoisotopic (exact) mass is 132 g/mol. The predicted octanol–water partition coefficient (Wildman–Crippen LogP) is 0.945. The van der Waals surface area contributed by atoms with Crippen LogP contribution in [0.25, 0.3) is 11.0 Å². The van der Waals surface area contributed by atoms with E-state index in [1.165, 1.54) is 0 Å². The zero-order valence-electron chi connectivity index (χ0n) is 5.26. The van der Waals surface area contributed by atoms with Crippen LogP contribution >= 0.6 is 0 Å². The smallest absolute Gasteiger partial charge is 0.198 e. The van der Waals surface area contributed by atoms with Crippen LogP contribution in [-0.4, -0.2) is 9.97 Å². The summed E-state index contributed by atoms with van der Waals surface area (Å²) in [6, 6.07) is 8.56. The van der Waals surface area contributed by atoms with Crippen LogP contribution in [0.5, 0.6) is 0 Å². The fourth-order valence-electron chi connectivity index (χ4n) is 0.907. The molecule has 0 saturated heterocycles. The first-order chi connectivity index (χ1) is 4.86. The molecule has 0 fully saturated rings. The molecular weight excluding hydrogens is 126 g/mol. The van der Waals surface area contributed by atoms with E-state index in [9.17, 15) is 0 Å². The van der Waals surface area contributed by atoms with Gasteiger partial charge in [-0.15, -0.1) is 0 Å². The fourth-order valence-corrected chi connectivity index (χ4v) is 0.907. The first-order valence-corrected chi connectivity index (χ1v) is 2.98. The largest absolute Gasteiger partial charge is 0.369 e. The van der Waals surface area contributed by atoms with E-state index in [4.69, 9.17) is 5.73 Å². The second-order valence-electron chi connectivity index (χ2n) is 2.05. The average molecular weight is 132 g/mol. The summed E-state index contributed by atoms with van der Waals surface area (Å²) in [5, 5.41) is 0. The Morgan fingerprint density at radius 1 is 1.60 bits per heavy atom. The number of benzene rings is 1. The van der Waals surface area contributed by atoms with Crippen LogP contribution in [0.15, 0.2) is 18.2 Å². The highest BCUT2D eigenvalue weighted by Gasteiger charge is 1.95. The van der Waals surface area contributed by atoms with Crippen molar-refractivity contribution < 1.29 is 0 Å². The SMILES string of the molecule is Nc1nc2ccc[c]c2[nH]1. The lowest BCUT2D eigenvalue weighted by Crippen LogP contribution is -1.84. The number of para-hydroxylation sites is 1. The van der Waals surface area contributed by atoms with Crippen LogP contribution in [0.1, 0.15) is 0 Å². The molecule has 3 N–H and O–H groups in total. The normalized spacial score (nSPS) is 10.4. The van der Waals surface area contributed by atoms with Crippen LogP contribution in [-0.2, 0) is 0 Å². The molecule has 2 aromatic rings. The van der Waals surface area contributed by atoms with Crippen LogP contribution in [0.2, 0.25) is 0 Å². The molecule has 49 valence electrons. The topological polar surface area (TPSA) is 54.7 Å². The highest BCUT2D eigenvalue weighted by atomic mass is 15.0. The van der Waals surface area contributed by atoms with Crippen LogP contribution < -0.4 is 5.73 Å². The highest BCUT2D eigenvalue weighted by molar-refractivity contribution is 5.76. The fraction of sp³-hybridized carbons (Fsp3) is 0. The molecule has 0 aliphatic heterocycles. The number of H-pyrrole nitrogens is 1. The van der Waals surface area contributed by atoms with Gasteiger partial charge >= 0.3 is 0 Å². The molecule has 1 heterocycles. The van der Waals surface area contributed by atoms with Crippen LogP contribution in [0.3, 0.4) is 0 Å². The van der Waals surface area contributed by atoms with Gasteiger partial charge < -0.3 is 10.7 Å². The molecule has 0 atom stereocenters. The van der Waals surface area contributed by atoms with Gasteiger partial charge in [0.25, 0.3) is 0 Å². The second-order valence-corrected chi connectivity index (χ2v) is 2.05. The van der Waals surface area contributed by atoms with Gasteiger partial charge in [-0.25, -0.2) is 4.98 Å². The summed E-state index contributed by atoms with van der Waals surface area (Å²) in [6.45, 7) is 0. The van der Waals surface area contributed by atoms with Crippen molar-refractivity contribution in [2.24, 2.45) is 0 Å². The number of rotatable bonds is 0. The summed E-state index contributed by atoms with van der Waals surface area (Å²) in [5.41, 5.74) is 7.13. The van der Waals surface area contributed by atoms with E-state index in [0.29, 0.717) is 5.95 Å². The summed E-state index contributed by atoms with van der Waals surface area (Å²) in [5.74, 6) is 0.442. The second kappa shape index (κ2) is 1.73. The Bertz CT molecular complexity index is 317. The maximum absolute atomic E-state index is 5.40. The quantitative estimate of drug-likeness (QED) is 0.560. The summed E-state index contributed by atoms with van der Waals surface area (Å²) >= 11 is 0. The summed E-state index contributed by atoms with van der Waals surface area (Å²) in [6.07, 6.45) is 0. The molecule has 0 aliphatic rings. The van der Waals surface area contributed by atoms with Gasteiger partial charge in [-0.3, -0.25) is 0 Å². The number of hydrogen-bond donors (Lipinski definition) is 2. The van der Waals surface area contributed by atoms with Gasteiger partial charge in [0, 0.05) is 6.07 Å². The first kappa shape index (κ1) is 5.29. The molecule has 0 amide bonds. The molecule has 2 rings (SSSR count). The minimum absolute atomic E-state index is 0.442. The summed E-state index contributed by atoms with van der Waals surface area (Å²) in [7, 11) is 0. The Labute approximate surface area is 57.9 Å². The molecule has 0 spiro atoms. The van der Waals surface area contributed by atoms with Crippen LogP contribution in [0, 0.1) is 6.07 Å². The molecule has 1 aromatic heterocycles. The van der Waals surface area contributed by atoms with Crippen LogP contribution in [0.4, 0.5) is 5.95 Å². The standard InChI is InChI=1S/C7H6N3/c8-7-9-5-3-1-2-4-6(5)10-7/h1-3H,(H3,8,9,10). The number of aromatic nitrogens is 2. The Hall–Kier alpha value is -1.51. The summed E-state index contributed by atoms with van der Waals surface area (Å²) < 4.78 is 0. The first-order valence-electron chi connectivity index (χ1n) is 2.98. The molecule has 0 bridgehead atoms. The zero-order chi connectivity index (χ0) is 6.97. The molecule has 0 unspecified atom stereocenters. The molecule has 3 heteroatoms. The number of nitrogens with one attached hydrogen (secondary N) is 1. The van der Waals surface area contributed by atoms with Crippen molar-refractivity contribution in [1.82, 2.24) is 9.97 Å². The average Bonchev–Trinajstić information content (AvgIpc) is 2.27. The lowest BCUT2D eigenvalue weighted by Gasteiger charge is -1.80. The number of aromatic amines is 1. The third-order valence-corrected chi connectivity index (χ3v) is 1.33. The van der Waals surface area contributed by atoms with Gasteiger partial charge in [0.05, 0.1) is 11.0 Å². The zero-order valence-corrected chi connectivity index (χ0v) is 5.26. The Kier molecular flexibility index (Phi) is 0.917. The summed E-state index contributed by atoms with van der Waals surface area (Å²) in [4.78, 5) is 6.87. The van der Waals surface area contributed by atoms with E-state index in [0.717, 1.165) is 11.0 Å². The highest BCUT2D eigenvalue weighted by Crippen LogP contribution is 2.09. The Morgan fingerprint density at radius 3 is 3.30 bits per heavy atom. The number of hydrogen-bond acceptors (Lipinski definition) is 2. The van der Waals surface area contributed by atoms with E-state index < -0.39 is 0 Å². The third-order valence-electron chi connectivity index (χ3n) is 1.33. The number of imidazole rings is 1. The van der Waals surface area contributed by atoms with Gasteiger partial charge in [-0.1, -0.05) is 12.1 Å². The Balaban J connectivity index is 2.88. The van der Waals surface area contributed by atoms with Gasteiger partial charge in [-0.2, -0.15) is 0 Å². The predicted molar refractivity (Wildman–Crippen MR) is 39.3 cm³/mol. The van der Waals surface area contributed by atoms with Crippen molar-refractivity contribution in [2.75, 3.05) is 5.73 Å². The number of fused-ring (bicyclic) bond motifs is 1. The molecule has 10 heavy (non-hydrogen) atoms. The van der Waals surface area contributed by atoms with Crippen molar-refractivity contribution in [3.8, 4) is 0 Å². The molecule has 0 saturated carbocycles. The minimum Gasteiger partial charge on any atom is -0.369 e. The van der Waals surface area contributed by atoms with Crippen molar-refractivity contribution in [3.63, 3.8) is 0 Å². The van der Waals surface area contributed by atoms with Crippen molar-refractivity contribution in [1.29, 1.82) is 0 Å². The maximum atomic E-state index is 5.40. The molecule has 1 aromatic carbocycles. The van der Waals surface area contributed by atoms with E-state index in [1.807, 2.05) is 18.2 Å². The van der Waals surface area contributed by atoms with Crippen molar-refractivity contribution >= 4 is 17.0 Å². The van der Waals surface area contributed by atoms with E-state index >= 15 is 0 Å². The van der Waals surface area contributed by atoms with Gasteiger partial charge in [0.2, 0.25) is 0 Å². The van der Waals surface area contributed by atoms with Crippen molar-refractivity contribution in [3.05, 3.63) is 24.3 Å². The van der Waals surface area contributed by atoms with E-state index in [1.54, 1.807) is 0 Å². The Morgan fingerprint density at radius 2 is 2.50 bits per heavy atom. The number of nitrogen functional groups attached to an aromatic ring is 1. The minimum atomic E-state index is 0.442.